The lowest BCUT2D eigenvalue weighted by molar-refractivity contribution is -0.384. The van der Waals surface area contributed by atoms with E-state index in [1.165, 1.54) is 19.1 Å². The van der Waals surface area contributed by atoms with E-state index in [4.69, 9.17) is 12.2 Å². The molecular weight excluding hydrogens is 350 g/mol. The number of rotatable bonds is 4. The van der Waals surface area contributed by atoms with E-state index < -0.39 is 11.0 Å². The summed E-state index contributed by atoms with van der Waals surface area (Å²) in [4.78, 5) is 24.6. The van der Waals surface area contributed by atoms with Crippen LogP contribution in [-0.2, 0) is 4.79 Å². The predicted molar refractivity (Wildman–Crippen MR) is 104 cm³/mol. The lowest BCUT2D eigenvalue weighted by Gasteiger charge is -2.37. The van der Waals surface area contributed by atoms with E-state index in [2.05, 4.69) is 5.32 Å². The number of allylic oxidation sites excluding steroid dienone is 1. The Hall–Kier alpha value is -3.06. The number of para-hydroxylation sites is 1. The van der Waals surface area contributed by atoms with E-state index in [1.807, 2.05) is 42.2 Å². The van der Waals surface area contributed by atoms with Crippen LogP contribution in [0.3, 0.4) is 0 Å². The van der Waals surface area contributed by atoms with E-state index in [-0.39, 0.29) is 11.5 Å². The fourth-order valence-electron chi connectivity index (χ4n) is 3.13. The molecule has 1 heterocycles. The minimum absolute atomic E-state index is 0.00289. The van der Waals surface area contributed by atoms with E-state index in [0.717, 1.165) is 16.9 Å². The topological polar surface area (TPSA) is 75.5 Å². The fourth-order valence-corrected chi connectivity index (χ4v) is 3.49. The molecule has 26 heavy (non-hydrogen) atoms. The third kappa shape index (κ3) is 3.21. The van der Waals surface area contributed by atoms with Gasteiger partial charge in [-0.2, -0.15) is 0 Å². The first-order chi connectivity index (χ1) is 12.4. The van der Waals surface area contributed by atoms with Crippen molar-refractivity contribution in [3.8, 4) is 0 Å². The van der Waals surface area contributed by atoms with Gasteiger partial charge in [0.1, 0.15) is 0 Å². The number of Topliss-reactive ketones (excluding diaryl/α,β-unsaturated/α-hetero) is 1. The molecule has 2 aromatic carbocycles. The molecule has 1 aliphatic rings. The van der Waals surface area contributed by atoms with Gasteiger partial charge in [0.25, 0.3) is 5.69 Å². The third-order valence-electron chi connectivity index (χ3n) is 4.32. The van der Waals surface area contributed by atoms with Crippen molar-refractivity contribution in [3.05, 3.63) is 81.5 Å². The summed E-state index contributed by atoms with van der Waals surface area (Å²) in [6, 6.07) is 15.3. The molecule has 0 saturated carbocycles. The zero-order valence-corrected chi connectivity index (χ0v) is 15.1. The molecule has 3 rings (SSSR count). The van der Waals surface area contributed by atoms with Crippen molar-refractivity contribution < 1.29 is 9.72 Å². The van der Waals surface area contributed by atoms with Gasteiger partial charge in [0.2, 0.25) is 0 Å². The van der Waals surface area contributed by atoms with Gasteiger partial charge >= 0.3 is 0 Å². The molecule has 0 amide bonds. The zero-order valence-electron chi connectivity index (χ0n) is 14.3. The van der Waals surface area contributed by atoms with Gasteiger partial charge in [-0.05, 0) is 55.9 Å². The number of nitro groups is 1. The molecule has 0 radical (unpaired) electrons. The number of carbonyl (C=O) groups is 1. The lowest BCUT2D eigenvalue weighted by Crippen LogP contribution is -2.47. The quantitative estimate of drug-likeness (QED) is 0.502. The fraction of sp³-hybridized carbons (Fsp3) is 0.158. The number of hydrogen-bond donors (Lipinski definition) is 1. The normalized spacial score (nSPS) is 17.1. The molecule has 0 unspecified atom stereocenters. The SMILES string of the molecule is CC(=O)C1=C(C)N(c2ccccc2)C(=S)N[C@@H]1c1ccc([N+](=O)[O-])cc1. The maximum atomic E-state index is 12.4. The Balaban J connectivity index is 2.07. The van der Waals surface area contributed by atoms with Crippen molar-refractivity contribution in [2.75, 3.05) is 4.90 Å². The van der Waals surface area contributed by atoms with E-state index in [9.17, 15) is 14.9 Å². The molecule has 1 aliphatic heterocycles. The third-order valence-corrected chi connectivity index (χ3v) is 4.62. The van der Waals surface area contributed by atoms with Crippen LogP contribution in [0.2, 0.25) is 0 Å². The molecular formula is C19H17N3O3S. The first kappa shape index (κ1) is 17.8. The van der Waals surface area contributed by atoms with Crippen molar-refractivity contribution in [1.82, 2.24) is 5.32 Å². The van der Waals surface area contributed by atoms with Crippen molar-refractivity contribution in [2.45, 2.75) is 19.9 Å². The Morgan fingerprint density at radius 2 is 1.77 bits per heavy atom. The summed E-state index contributed by atoms with van der Waals surface area (Å²) in [6.07, 6.45) is 0. The number of anilines is 1. The largest absolute Gasteiger partial charge is 0.351 e. The number of thiocarbonyl (C=S) groups is 1. The van der Waals surface area contributed by atoms with Gasteiger partial charge in [-0.25, -0.2) is 0 Å². The molecule has 1 atom stereocenters. The van der Waals surface area contributed by atoms with Gasteiger partial charge in [0, 0.05) is 29.1 Å². The second kappa shape index (κ2) is 7.05. The van der Waals surface area contributed by atoms with Crippen LogP contribution in [0.1, 0.15) is 25.5 Å². The molecule has 0 aromatic heterocycles. The molecule has 0 aliphatic carbocycles. The average Bonchev–Trinajstić information content (AvgIpc) is 2.61. The van der Waals surface area contributed by atoms with Crippen LogP contribution in [0, 0.1) is 10.1 Å². The maximum Gasteiger partial charge on any atom is 0.269 e. The first-order valence-corrected chi connectivity index (χ1v) is 8.42. The second-order valence-corrected chi connectivity index (χ2v) is 6.34. The van der Waals surface area contributed by atoms with E-state index in [1.54, 1.807) is 12.1 Å². The summed E-state index contributed by atoms with van der Waals surface area (Å²) in [6.45, 7) is 3.37. The zero-order chi connectivity index (χ0) is 18.8. The van der Waals surface area contributed by atoms with Crippen molar-refractivity contribution in [2.24, 2.45) is 0 Å². The predicted octanol–water partition coefficient (Wildman–Crippen LogP) is 3.89. The summed E-state index contributed by atoms with van der Waals surface area (Å²) >= 11 is 5.53. The highest BCUT2D eigenvalue weighted by Crippen LogP contribution is 2.34. The Morgan fingerprint density at radius 3 is 2.31 bits per heavy atom. The maximum absolute atomic E-state index is 12.4. The molecule has 132 valence electrons. The van der Waals surface area contributed by atoms with Gasteiger partial charge in [0.05, 0.1) is 11.0 Å². The number of benzene rings is 2. The number of ketones is 1. The molecule has 1 N–H and O–H groups in total. The van der Waals surface area contributed by atoms with Gasteiger partial charge in [-0.3, -0.25) is 19.8 Å². The van der Waals surface area contributed by atoms with Gasteiger partial charge in [-0.1, -0.05) is 18.2 Å². The van der Waals surface area contributed by atoms with Crippen LogP contribution < -0.4 is 10.2 Å². The number of nitrogens with one attached hydrogen (secondary N) is 1. The Morgan fingerprint density at radius 1 is 1.15 bits per heavy atom. The van der Waals surface area contributed by atoms with E-state index in [0.29, 0.717) is 10.7 Å². The Bertz CT molecular complexity index is 907. The smallest absolute Gasteiger partial charge is 0.269 e. The molecule has 7 heteroatoms. The van der Waals surface area contributed by atoms with Crippen molar-refractivity contribution >= 4 is 34.5 Å². The minimum Gasteiger partial charge on any atom is -0.351 e. The van der Waals surface area contributed by atoms with Crippen LogP contribution in [-0.4, -0.2) is 15.8 Å². The highest BCUT2D eigenvalue weighted by Gasteiger charge is 2.33. The lowest BCUT2D eigenvalue weighted by atomic mass is 9.92. The highest BCUT2D eigenvalue weighted by atomic mass is 32.1. The molecule has 0 fully saturated rings. The standard InChI is InChI=1S/C19H17N3O3S/c1-12-17(13(2)23)18(14-8-10-16(11-9-14)22(24)25)20-19(26)21(12)15-6-4-3-5-7-15/h3-11,18H,1-2H3,(H,20,26)/t18-/m1/s1. The van der Waals surface area contributed by atoms with Crippen LogP contribution in [0.15, 0.2) is 65.9 Å². The number of nitro benzene ring substituents is 1. The number of hydrogen-bond acceptors (Lipinski definition) is 4. The number of carbonyl (C=O) groups excluding carboxylic acids is 1. The Labute approximate surface area is 156 Å². The summed E-state index contributed by atoms with van der Waals surface area (Å²) in [7, 11) is 0. The Kier molecular flexibility index (Phi) is 4.81. The van der Waals surface area contributed by atoms with Crippen LogP contribution in [0.25, 0.3) is 0 Å². The summed E-state index contributed by atoms with van der Waals surface area (Å²) in [5.74, 6) is -0.0817. The van der Waals surface area contributed by atoms with Crippen LogP contribution in [0.5, 0.6) is 0 Å². The monoisotopic (exact) mass is 367 g/mol. The highest BCUT2D eigenvalue weighted by molar-refractivity contribution is 7.80. The molecule has 0 saturated heterocycles. The molecule has 2 aromatic rings. The van der Waals surface area contributed by atoms with Gasteiger partial charge in [0.15, 0.2) is 10.9 Å². The second-order valence-electron chi connectivity index (χ2n) is 5.96. The van der Waals surface area contributed by atoms with Gasteiger partial charge in [-0.15, -0.1) is 0 Å². The minimum atomic E-state index is -0.452. The summed E-state index contributed by atoms with van der Waals surface area (Å²) in [5.41, 5.74) is 2.94. The van der Waals surface area contributed by atoms with E-state index >= 15 is 0 Å². The first-order valence-electron chi connectivity index (χ1n) is 8.02. The average molecular weight is 367 g/mol. The van der Waals surface area contributed by atoms with Crippen molar-refractivity contribution in [3.63, 3.8) is 0 Å². The molecule has 6 nitrogen and oxygen atoms in total. The van der Waals surface area contributed by atoms with Crippen molar-refractivity contribution in [1.29, 1.82) is 0 Å². The number of non-ortho nitro benzene ring substituents is 1. The summed E-state index contributed by atoms with van der Waals surface area (Å²) < 4.78 is 0. The number of nitrogens with zero attached hydrogens (tertiary/aromatic N) is 2. The summed E-state index contributed by atoms with van der Waals surface area (Å²) in [5, 5.41) is 14.5. The van der Waals surface area contributed by atoms with Gasteiger partial charge < -0.3 is 5.32 Å². The molecule has 0 bridgehead atoms. The molecule has 0 spiro atoms. The van der Waals surface area contributed by atoms with Crippen LogP contribution in [0.4, 0.5) is 11.4 Å². The van der Waals surface area contributed by atoms with Crippen LogP contribution >= 0.6 is 12.2 Å².